The second-order valence-electron chi connectivity index (χ2n) is 5.05. The lowest BCUT2D eigenvalue weighted by Gasteiger charge is -2.11. The van der Waals surface area contributed by atoms with Crippen molar-refractivity contribution in [3.8, 4) is 0 Å². The fourth-order valence-corrected chi connectivity index (χ4v) is 2.54. The van der Waals surface area contributed by atoms with Crippen LogP contribution in [0.3, 0.4) is 0 Å². The van der Waals surface area contributed by atoms with Gasteiger partial charge in [0.05, 0.1) is 5.69 Å². The average Bonchev–Trinajstić information content (AvgIpc) is 2.48. The zero-order chi connectivity index (χ0) is 16.1. The second kappa shape index (κ2) is 7.07. The first-order valence-electron chi connectivity index (χ1n) is 7.31. The third-order valence-corrected chi connectivity index (χ3v) is 3.55. The SMILES string of the molecule is CCc1nc(=O)[nH]c(Cc2ccc([B]C(=O)O)cc2)c1CC. The molecule has 0 amide bonds. The highest BCUT2D eigenvalue weighted by Gasteiger charge is 2.10. The number of aromatic nitrogens is 2. The Kier molecular flexibility index (Phi) is 5.14. The normalized spacial score (nSPS) is 10.5. The van der Waals surface area contributed by atoms with Crippen LogP contribution in [0.2, 0.25) is 0 Å². The van der Waals surface area contributed by atoms with Crippen LogP contribution in [0.5, 0.6) is 0 Å². The Labute approximate surface area is 129 Å². The maximum Gasteiger partial charge on any atom is 0.345 e. The topological polar surface area (TPSA) is 83.0 Å². The zero-order valence-corrected chi connectivity index (χ0v) is 12.7. The van der Waals surface area contributed by atoms with Gasteiger partial charge in [0, 0.05) is 12.1 Å². The molecule has 2 N–H and O–H groups in total. The van der Waals surface area contributed by atoms with Crippen molar-refractivity contribution in [2.24, 2.45) is 0 Å². The Morgan fingerprint density at radius 3 is 2.45 bits per heavy atom. The highest BCUT2D eigenvalue weighted by Crippen LogP contribution is 2.14. The molecule has 1 radical (unpaired) electrons. The summed E-state index contributed by atoms with van der Waals surface area (Å²) in [5, 5.41) is 8.73. The molecular weight excluding hydrogens is 279 g/mol. The lowest BCUT2D eigenvalue weighted by Crippen LogP contribution is -2.22. The molecule has 5 nitrogen and oxygen atoms in total. The van der Waals surface area contributed by atoms with Gasteiger partial charge in [-0.05, 0) is 24.0 Å². The number of H-pyrrole nitrogens is 1. The molecule has 0 fully saturated rings. The Morgan fingerprint density at radius 2 is 1.91 bits per heavy atom. The highest BCUT2D eigenvalue weighted by atomic mass is 16.4. The van der Waals surface area contributed by atoms with Crippen molar-refractivity contribution in [1.82, 2.24) is 9.97 Å². The van der Waals surface area contributed by atoms with E-state index in [4.69, 9.17) is 5.11 Å². The number of rotatable bonds is 6. The van der Waals surface area contributed by atoms with Crippen LogP contribution >= 0.6 is 0 Å². The molecule has 0 saturated heterocycles. The summed E-state index contributed by atoms with van der Waals surface area (Å²) in [6.07, 6.45) is 2.14. The molecule has 1 aromatic heterocycles. The van der Waals surface area contributed by atoms with Crippen molar-refractivity contribution in [2.45, 2.75) is 33.1 Å². The number of aryl methyl sites for hydroxylation is 1. The molecule has 2 rings (SSSR count). The van der Waals surface area contributed by atoms with Crippen LogP contribution in [-0.2, 0) is 19.3 Å². The van der Waals surface area contributed by atoms with Crippen molar-refractivity contribution in [3.63, 3.8) is 0 Å². The Hall–Kier alpha value is -2.37. The summed E-state index contributed by atoms with van der Waals surface area (Å²) in [4.78, 5) is 29.2. The molecule has 0 bridgehead atoms. The van der Waals surface area contributed by atoms with E-state index >= 15 is 0 Å². The maximum absolute atomic E-state index is 11.7. The zero-order valence-electron chi connectivity index (χ0n) is 12.7. The molecule has 113 valence electrons. The molecule has 1 aromatic carbocycles. The Balaban J connectivity index is 2.28. The number of hydrogen-bond acceptors (Lipinski definition) is 3. The lowest BCUT2D eigenvalue weighted by atomic mass is 9.70. The van der Waals surface area contributed by atoms with Gasteiger partial charge in [0.15, 0.2) is 0 Å². The highest BCUT2D eigenvalue weighted by molar-refractivity contribution is 6.82. The fraction of sp³-hybridized carbons (Fsp3) is 0.312. The first-order chi connectivity index (χ1) is 10.5. The fourth-order valence-electron chi connectivity index (χ4n) is 2.54. The minimum Gasteiger partial charge on any atom is -0.489 e. The molecule has 0 aliphatic carbocycles. The molecule has 0 unspecified atom stereocenters. The van der Waals surface area contributed by atoms with Crippen LogP contribution in [0.4, 0.5) is 4.79 Å². The van der Waals surface area contributed by atoms with Gasteiger partial charge in [0.1, 0.15) is 0 Å². The number of carboxylic acid groups (broad SMARTS) is 1. The van der Waals surface area contributed by atoms with Gasteiger partial charge in [0.25, 0.3) is 7.28 Å². The Bertz CT molecular complexity index is 723. The summed E-state index contributed by atoms with van der Waals surface area (Å²) >= 11 is 0. The van der Waals surface area contributed by atoms with Crippen LogP contribution in [0.15, 0.2) is 29.1 Å². The van der Waals surface area contributed by atoms with Crippen molar-refractivity contribution >= 4 is 18.6 Å². The monoisotopic (exact) mass is 297 g/mol. The number of nitrogens with zero attached hydrogens (tertiary/aromatic N) is 1. The lowest BCUT2D eigenvalue weighted by molar-refractivity contribution is 0.220. The number of nitrogens with one attached hydrogen (secondary N) is 1. The van der Waals surface area contributed by atoms with Gasteiger partial charge >= 0.3 is 5.69 Å². The van der Waals surface area contributed by atoms with Crippen LogP contribution in [0, 0.1) is 0 Å². The first kappa shape index (κ1) is 16.0. The predicted octanol–water partition coefficient (Wildman–Crippen LogP) is 1.49. The average molecular weight is 297 g/mol. The van der Waals surface area contributed by atoms with Crippen molar-refractivity contribution in [1.29, 1.82) is 0 Å². The van der Waals surface area contributed by atoms with E-state index in [0.717, 1.165) is 42.6 Å². The molecular formula is C16H18BN2O3. The van der Waals surface area contributed by atoms with E-state index in [1.807, 2.05) is 26.0 Å². The third kappa shape index (κ3) is 3.84. The van der Waals surface area contributed by atoms with E-state index in [1.54, 1.807) is 12.1 Å². The van der Waals surface area contributed by atoms with E-state index < -0.39 is 5.87 Å². The van der Waals surface area contributed by atoms with Gasteiger partial charge < -0.3 is 10.1 Å². The summed E-state index contributed by atoms with van der Waals surface area (Å²) in [6, 6.07) is 7.27. The van der Waals surface area contributed by atoms with Crippen LogP contribution in [0.25, 0.3) is 0 Å². The largest absolute Gasteiger partial charge is 0.489 e. The van der Waals surface area contributed by atoms with E-state index in [0.29, 0.717) is 11.9 Å². The van der Waals surface area contributed by atoms with Crippen molar-refractivity contribution in [3.05, 3.63) is 57.3 Å². The second-order valence-corrected chi connectivity index (χ2v) is 5.05. The summed E-state index contributed by atoms with van der Waals surface area (Å²) in [7, 11) is 1.16. The standard InChI is InChI=1S/C16H18BN2O3/c1-3-12-13(4-2)18-16(22)19-14(12)9-10-5-7-11(8-6-10)17-15(20)21/h5-8H,3-4,9H2,1-2H3,(H,20,21)(H,18,19,22). The molecule has 0 aliphatic heterocycles. The van der Waals surface area contributed by atoms with Crippen LogP contribution in [-0.4, -0.2) is 28.2 Å². The van der Waals surface area contributed by atoms with Gasteiger partial charge in [-0.1, -0.05) is 43.6 Å². The molecule has 0 atom stereocenters. The summed E-state index contributed by atoms with van der Waals surface area (Å²) in [5.41, 5.74) is 4.15. The van der Waals surface area contributed by atoms with Gasteiger partial charge in [-0.3, -0.25) is 4.79 Å². The molecule has 0 spiro atoms. The van der Waals surface area contributed by atoms with Gasteiger partial charge in [0.2, 0.25) is 5.87 Å². The van der Waals surface area contributed by atoms with Gasteiger partial charge in [-0.2, -0.15) is 4.98 Å². The minimum absolute atomic E-state index is 0.320. The third-order valence-electron chi connectivity index (χ3n) is 3.55. The van der Waals surface area contributed by atoms with E-state index in [9.17, 15) is 9.59 Å². The van der Waals surface area contributed by atoms with E-state index in [1.165, 1.54) is 0 Å². The summed E-state index contributed by atoms with van der Waals surface area (Å²) < 4.78 is 0. The first-order valence-corrected chi connectivity index (χ1v) is 7.31. The van der Waals surface area contributed by atoms with Crippen LogP contribution < -0.4 is 11.2 Å². The van der Waals surface area contributed by atoms with Crippen LogP contribution in [0.1, 0.15) is 36.4 Å². The number of aromatic amines is 1. The number of hydrogen-bond donors (Lipinski definition) is 2. The maximum atomic E-state index is 11.7. The molecule has 22 heavy (non-hydrogen) atoms. The Morgan fingerprint density at radius 1 is 1.23 bits per heavy atom. The molecule has 2 aromatic rings. The molecule has 6 heteroatoms. The number of carbonyl (C=O) groups is 1. The molecule has 0 saturated carbocycles. The minimum atomic E-state index is -0.966. The van der Waals surface area contributed by atoms with E-state index in [-0.39, 0.29) is 5.69 Å². The van der Waals surface area contributed by atoms with Crippen molar-refractivity contribution < 1.29 is 9.90 Å². The molecule has 0 aliphatic rings. The van der Waals surface area contributed by atoms with Crippen molar-refractivity contribution in [2.75, 3.05) is 0 Å². The summed E-state index contributed by atoms with van der Waals surface area (Å²) in [5.74, 6) is -0.966. The molecule has 1 heterocycles. The quantitative estimate of drug-likeness (QED) is 0.791. The van der Waals surface area contributed by atoms with E-state index in [2.05, 4.69) is 9.97 Å². The predicted molar refractivity (Wildman–Crippen MR) is 86.3 cm³/mol. The summed E-state index contributed by atoms with van der Waals surface area (Å²) in [6.45, 7) is 4.03. The van der Waals surface area contributed by atoms with Gasteiger partial charge in [-0.15, -0.1) is 0 Å². The van der Waals surface area contributed by atoms with Gasteiger partial charge in [-0.25, -0.2) is 4.79 Å². The smallest absolute Gasteiger partial charge is 0.345 e. The number of benzene rings is 1.